The molecule has 7 aromatic carbocycles. The summed E-state index contributed by atoms with van der Waals surface area (Å²) in [7, 11) is 0. The third-order valence-electron chi connectivity index (χ3n) is 12.8. The van der Waals surface area contributed by atoms with E-state index in [1.54, 1.807) is 0 Å². The Balaban J connectivity index is 0.971. The number of hydrogen-bond donors (Lipinski definition) is 0. The van der Waals surface area contributed by atoms with Crippen LogP contribution in [-0.4, -0.2) is 0 Å². The van der Waals surface area contributed by atoms with Crippen molar-refractivity contribution < 1.29 is 0 Å². The van der Waals surface area contributed by atoms with Crippen molar-refractivity contribution in [3.63, 3.8) is 0 Å². The van der Waals surface area contributed by atoms with Crippen molar-refractivity contribution in [1.82, 2.24) is 0 Å². The van der Waals surface area contributed by atoms with Crippen molar-refractivity contribution in [1.29, 1.82) is 0 Å². The minimum Gasteiger partial charge on any atom is -0.0888 e. The summed E-state index contributed by atoms with van der Waals surface area (Å²) in [6.45, 7) is 14.4. The Hall–Kier alpha value is -4.41. The molecule has 0 fully saturated rings. The Bertz CT molecular complexity index is 2780. The van der Waals surface area contributed by atoms with E-state index in [4.69, 9.17) is 0 Å². The Kier molecular flexibility index (Phi) is 6.91. The predicted octanol–water partition coefficient (Wildman–Crippen LogP) is 15.0. The molecular formula is C51H40S3. The zero-order valence-electron chi connectivity index (χ0n) is 31.4. The number of rotatable bonds is 2. The van der Waals surface area contributed by atoms with Crippen LogP contribution >= 0.6 is 35.3 Å². The van der Waals surface area contributed by atoms with Crippen LogP contribution in [0.1, 0.15) is 74.9 Å². The van der Waals surface area contributed by atoms with E-state index in [1.165, 1.54) is 107 Å². The maximum Gasteiger partial charge on any atom is 0.0344 e. The number of hydrogen-bond acceptors (Lipinski definition) is 3. The lowest BCUT2D eigenvalue weighted by molar-refractivity contribution is 0.604. The van der Waals surface area contributed by atoms with Gasteiger partial charge in [0.25, 0.3) is 0 Å². The summed E-state index contributed by atoms with van der Waals surface area (Å²) in [6.07, 6.45) is 0. The van der Waals surface area contributed by atoms with Gasteiger partial charge < -0.3 is 0 Å². The second-order valence-electron chi connectivity index (χ2n) is 16.9. The van der Waals surface area contributed by atoms with Crippen molar-refractivity contribution in [3.05, 3.63) is 167 Å². The Morgan fingerprint density at radius 3 is 1.44 bits per heavy atom. The highest BCUT2D eigenvalue weighted by molar-refractivity contribution is 8.05. The standard InChI is InChI=1S/C51H40S3/c1-49(2)35-14-7-8-15-41(35)53-47-38(49)23-22-36-45(47)33-20-18-31(27-39(33)50(36,3)4)29-12-11-13-30(26-29)32-19-21-34-40(28-32)51(5,6)37-24-25-44-48(46(34)37)54-43-17-10-9-16-42(43)52-44/h7-28H,1-6H3. The van der Waals surface area contributed by atoms with Crippen molar-refractivity contribution >= 4 is 35.3 Å². The highest BCUT2D eigenvalue weighted by atomic mass is 32.2. The zero-order valence-corrected chi connectivity index (χ0v) is 33.9. The van der Waals surface area contributed by atoms with Gasteiger partial charge in [0.2, 0.25) is 0 Å². The monoisotopic (exact) mass is 748 g/mol. The molecule has 11 rings (SSSR count). The van der Waals surface area contributed by atoms with Crippen LogP contribution in [0.3, 0.4) is 0 Å². The molecule has 0 amide bonds. The Morgan fingerprint density at radius 2 is 0.796 bits per heavy atom. The van der Waals surface area contributed by atoms with Gasteiger partial charge in [-0.1, -0.05) is 168 Å². The lowest BCUT2D eigenvalue weighted by atomic mass is 9.75. The third kappa shape index (κ3) is 4.50. The van der Waals surface area contributed by atoms with Crippen LogP contribution in [-0.2, 0) is 16.2 Å². The molecule has 2 aliphatic carbocycles. The van der Waals surface area contributed by atoms with Gasteiger partial charge in [-0.3, -0.25) is 0 Å². The SMILES string of the molecule is CC1(C)c2ccccc2Sc2c1ccc1c2-c2ccc(-c3cccc(-c4ccc5c(c4)C(C)(C)c4ccc6c(c4-5)Sc4ccccc4S6)c3)cc2C1(C)C. The van der Waals surface area contributed by atoms with Gasteiger partial charge in [0, 0.05) is 56.7 Å². The molecule has 7 aromatic rings. The van der Waals surface area contributed by atoms with Gasteiger partial charge in [0.1, 0.15) is 0 Å². The van der Waals surface area contributed by atoms with Crippen LogP contribution < -0.4 is 0 Å². The van der Waals surface area contributed by atoms with Crippen LogP contribution in [0.25, 0.3) is 44.5 Å². The average molecular weight is 749 g/mol. The lowest BCUT2D eigenvalue weighted by Gasteiger charge is -2.36. The average Bonchev–Trinajstić information content (AvgIpc) is 3.56. The van der Waals surface area contributed by atoms with E-state index in [0.29, 0.717) is 0 Å². The largest absolute Gasteiger partial charge is 0.0888 e. The second-order valence-corrected chi connectivity index (χ2v) is 20.1. The van der Waals surface area contributed by atoms with Crippen LogP contribution in [0.2, 0.25) is 0 Å². The summed E-state index contributed by atoms with van der Waals surface area (Å²) in [6, 6.07) is 51.0. The summed E-state index contributed by atoms with van der Waals surface area (Å²) in [5.41, 5.74) is 19.1. The molecule has 262 valence electrons. The first-order valence-corrected chi connectivity index (χ1v) is 21.4. The molecule has 2 aliphatic heterocycles. The molecular weight excluding hydrogens is 709 g/mol. The predicted molar refractivity (Wildman–Crippen MR) is 230 cm³/mol. The van der Waals surface area contributed by atoms with Crippen molar-refractivity contribution in [2.24, 2.45) is 0 Å². The van der Waals surface area contributed by atoms with Gasteiger partial charge in [-0.05, 0) is 109 Å². The van der Waals surface area contributed by atoms with E-state index in [1.807, 2.05) is 35.3 Å². The van der Waals surface area contributed by atoms with Gasteiger partial charge in [-0.25, -0.2) is 0 Å². The van der Waals surface area contributed by atoms with E-state index >= 15 is 0 Å². The van der Waals surface area contributed by atoms with Crippen molar-refractivity contribution in [2.75, 3.05) is 0 Å². The molecule has 0 aromatic heterocycles. The van der Waals surface area contributed by atoms with Crippen LogP contribution in [0.4, 0.5) is 0 Å². The molecule has 0 bridgehead atoms. The van der Waals surface area contributed by atoms with E-state index in [0.717, 1.165) is 0 Å². The molecule has 0 spiro atoms. The molecule has 0 radical (unpaired) electrons. The minimum absolute atomic E-state index is 0.0430. The summed E-state index contributed by atoms with van der Waals surface area (Å²) in [5.74, 6) is 0. The lowest BCUT2D eigenvalue weighted by Crippen LogP contribution is -2.24. The molecule has 0 saturated carbocycles. The first kappa shape index (κ1) is 33.0. The summed E-state index contributed by atoms with van der Waals surface area (Å²) >= 11 is 5.81. The van der Waals surface area contributed by atoms with Crippen molar-refractivity contribution in [3.8, 4) is 44.5 Å². The van der Waals surface area contributed by atoms with Crippen LogP contribution in [0, 0.1) is 0 Å². The molecule has 0 saturated heterocycles. The maximum absolute atomic E-state index is 2.48. The number of fused-ring (bicyclic) bond motifs is 12. The molecule has 0 unspecified atom stereocenters. The van der Waals surface area contributed by atoms with Crippen molar-refractivity contribution in [2.45, 2.75) is 87.2 Å². The zero-order chi connectivity index (χ0) is 36.7. The molecule has 3 heteroatoms. The summed E-state index contributed by atoms with van der Waals surface area (Å²) in [4.78, 5) is 8.30. The highest BCUT2D eigenvalue weighted by Crippen LogP contribution is 2.60. The van der Waals surface area contributed by atoms with E-state index < -0.39 is 0 Å². The second kappa shape index (κ2) is 11.3. The van der Waals surface area contributed by atoms with E-state index in [9.17, 15) is 0 Å². The Morgan fingerprint density at radius 1 is 0.315 bits per heavy atom. The molecule has 0 atom stereocenters. The van der Waals surface area contributed by atoms with Gasteiger partial charge in [-0.15, -0.1) is 0 Å². The fourth-order valence-corrected chi connectivity index (χ4v) is 13.7. The van der Waals surface area contributed by atoms with Gasteiger partial charge >= 0.3 is 0 Å². The molecule has 2 heterocycles. The fourth-order valence-electron chi connectivity index (χ4n) is 9.76. The smallest absolute Gasteiger partial charge is 0.0344 e. The van der Waals surface area contributed by atoms with Gasteiger partial charge in [0.15, 0.2) is 0 Å². The molecule has 0 nitrogen and oxygen atoms in total. The molecule has 0 N–H and O–H groups in total. The van der Waals surface area contributed by atoms with Gasteiger partial charge in [-0.2, -0.15) is 0 Å². The normalized spacial score (nSPS) is 16.9. The molecule has 4 aliphatic rings. The van der Waals surface area contributed by atoms with E-state index in [-0.39, 0.29) is 16.2 Å². The summed E-state index contributed by atoms with van der Waals surface area (Å²) in [5, 5.41) is 0. The van der Waals surface area contributed by atoms with Crippen LogP contribution in [0.5, 0.6) is 0 Å². The third-order valence-corrected chi connectivity index (χ3v) is 16.6. The quantitative estimate of drug-likeness (QED) is 0.173. The van der Waals surface area contributed by atoms with E-state index in [2.05, 4.69) is 175 Å². The fraction of sp³-hybridized carbons (Fsp3) is 0.176. The summed E-state index contributed by atoms with van der Waals surface area (Å²) < 4.78 is 0. The number of benzene rings is 7. The minimum atomic E-state index is -0.0897. The van der Waals surface area contributed by atoms with Crippen LogP contribution in [0.15, 0.2) is 163 Å². The Labute approximate surface area is 331 Å². The topological polar surface area (TPSA) is 0 Å². The molecule has 54 heavy (non-hydrogen) atoms. The van der Waals surface area contributed by atoms with Gasteiger partial charge in [0.05, 0.1) is 0 Å². The highest BCUT2D eigenvalue weighted by Gasteiger charge is 2.42. The maximum atomic E-state index is 2.48. The first-order chi connectivity index (χ1) is 26.0. The first-order valence-electron chi connectivity index (χ1n) is 19.0.